The Morgan fingerprint density at radius 3 is 2.41 bits per heavy atom. The molecule has 0 spiro atoms. The number of nitrogens with one attached hydrogen (secondary N) is 1. The van der Waals surface area contributed by atoms with Crippen LogP contribution in [0.1, 0.15) is 49.2 Å². The van der Waals surface area contributed by atoms with Crippen molar-refractivity contribution in [3.8, 4) is 0 Å². The first kappa shape index (κ1) is 28.1. The third-order valence-electron chi connectivity index (χ3n) is 6.00. The Morgan fingerprint density at radius 1 is 1.05 bits per heavy atom. The molecule has 0 aliphatic heterocycles. The van der Waals surface area contributed by atoms with E-state index in [2.05, 4.69) is 5.32 Å². The highest BCUT2D eigenvalue weighted by Crippen LogP contribution is 2.20. The van der Waals surface area contributed by atoms with Crippen LogP contribution in [-0.2, 0) is 26.2 Å². The highest BCUT2D eigenvalue weighted by molar-refractivity contribution is 7.89. The summed E-state index contributed by atoms with van der Waals surface area (Å²) in [5.74, 6) is -1.60. The number of carbonyl (C=O) groups is 2. The number of benzene rings is 2. The summed E-state index contributed by atoms with van der Waals surface area (Å²) >= 11 is 0. The first-order chi connectivity index (χ1) is 17.5. The molecule has 1 aromatic heterocycles. The van der Waals surface area contributed by atoms with E-state index in [9.17, 15) is 22.8 Å². The molecule has 1 N–H and O–H groups in total. The molecular weight excluding hydrogens is 496 g/mol. The second-order valence-electron chi connectivity index (χ2n) is 9.01. The fourth-order valence-corrected chi connectivity index (χ4v) is 5.43. The van der Waals surface area contributed by atoms with Gasteiger partial charge in [-0.15, -0.1) is 0 Å². The van der Waals surface area contributed by atoms with Crippen molar-refractivity contribution in [2.75, 3.05) is 13.1 Å². The third-order valence-corrected chi connectivity index (χ3v) is 8.05. The van der Waals surface area contributed by atoms with Crippen LogP contribution in [0.15, 0.2) is 62.6 Å². The first-order valence-corrected chi connectivity index (χ1v) is 13.5. The van der Waals surface area contributed by atoms with Crippen LogP contribution in [0.3, 0.4) is 0 Å². The van der Waals surface area contributed by atoms with Crippen LogP contribution in [0.5, 0.6) is 0 Å². The van der Waals surface area contributed by atoms with Crippen molar-refractivity contribution in [2.24, 2.45) is 5.92 Å². The maximum Gasteiger partial charge on any atom is 0.336 e. The molecule has 3 rings (SSSR count). The molecule has 3 aromatic rings. The first-order valence-electron chi connectivity index (χ1n) is 12.1. The molecule has 9 nitrogen and oxygen atoms in total. The summed E-state index contributed by atoms with van der Waals surface area (Å²) < 4.78 is 37.7. The Balaban J connectivity index is 1.78. The summed E-state index contributed by atoms with van der Waals surface area (Å²) in [6, 6.07) is 11.4. The van der Waals surface area contributed by atoms with Gasteiger partial charge in [0, 0.05) is 35.7 Å². The van der Waals surface area contributed by atoms with Crippen LogP contribution in [0.4, 0.5) is 0 Å². The van der Waals surface area contributed by atoms with E-state index in [1.807, 2.05) is 13.0 Å². The molecule has 1 unspecified atom stereocenters. The summed E-state index contributed by atoms with van der Waals surface area (Å²) in [5, 5.41) is 3.31. The number of carbonyl (C=O) groups excluding carboxylic acids is 2. The van der Waals surface area contributed by atoms with Crippen LogP contribution < -0.4 is 10.9 Å². The number of esters is 1. The van der Waals surface area contributed by atoms with E-state index in [0.29, 0.717) is 29.6 Å². The average Bonchev–Trinajstić information content (AvgIpc) is 2.85. The number of rotatable bonds is 10. The number of ether oxygens (including phenoxy) is 1. The smallest absolute Gasteiger partial charge is 0.336 e. The summed E-state index contributed by atoms with van der Waals surface area (Å²) in [6.45, 7) is 9.28. The molecule has 1 heterocycles. The van der Waals surface area contributed by atoms with Gasteiger partial charge in [-0.2, -0.15) is 4.31 Å². The summed E-state index contributed by atoms with van der Waals surface area (Å²) in [6.07, 6.45) is 0. The molecule has 2 aromatic carbocycles. The van der Waals surface area contributed by atoms with Gasteiger partial charge in [-0.25, -0.2) is 18.0 Å². The molecule has 0 aliphatic carbocycles. The second kappa shape index (κ2) is 11.7. The topological polar surface area (TPSA) is 123 Å². The van der Waals surface area contributed by atoms with Crippen molar-refractivity contribution in [1.82, 2.24) is 9.62 Å². The van der Waals surface area contributed by atoms with E-state index in [-0.39, 0.29) is 23.0 Å². The van der Waals surface area contributed by atoms with Crippen molar-refractivity contribution in [3.63, 3.8) is 0 Å². The number of nitrogens with zero attached hydrogens (tertiary/aromatic N) is 1. The van der Waals surface area contributed by atoms with Crippen LogP contribution in [0.25, 0.3) is 11.0 Å². The highest BCUT2D eigenvalue weighted by atomic mass is 32.2. The minimum absolute atomic E-state index is 0.00227. The molecule has 0 saturated carbocycles. The zero-order valence-corrected chi connectivity index (χ0v) is 22.4. The summed E-state index contributed by atoms with van der Waals surface area (Å²) in [5.41, 5.74) is 1.35. The molecule has 10 heteroatoms. The number of sulfonamides is 1. The largest absolute Gasteiger partial charge is 0.459 e. The SMILES string of the molecule is CCN(CC)S(=O)(=O)c1cccc(C(=O)NC(C(=O)OCc2cc(=O)oc3cc(C)ccc23)C(C)C)c1. The van der Waals surface area contributed by atoms with Gasteiger partial charge in [0.2, 0.25) is 10.0 Å². The zero-order valence-electron chi connectivity index (χ0n) is 21.6. The quantitative estimate of drug-likeness (QED) is 0.315. The molecule has 0 bridgehead atoms. The van der Waals surface area contributed by atoms with Gasteiger partial charge in [0.1, 0.15) is 18.2 Å². The van der Waals surface area contributed by atoms with Crippen molar-refractivity contribution < 1.29 is 27.2 Å². The van der Waals surface area contributed by atoms with Gasteiger partial charge in [0.25, 0.3) is 5.91 Å². The highest BCUT2D eigenvalue weighted by Gasteiger charge is 2.28. The van der Waals surface area contributed by atoms with E-state index in [0.717, 1.165) is 5.56 Å². The van der Waals surface area contributed by atoms with Gasteiger partial charge < -0.3 is 14.5 Å². The molecule has 37 heavy (non-hydrogen) atoms. The number of aryl methyl sites for hydroxylation is 1. The Labute approximate surface area is 216 Å². The van der Waals surface area contributed by atoms with Crippen molar-refractivity contribution >= 4 is 32.9 Å². The van der Waals surface area contributed by atoms with E-state index in [4.69, 9.17) is 9.15 Å². The lowest BCUT2D eigenvalue weighted by Gasteiger charge is -2.22. The molecule has 0 fully saturated rings. The van der Waals surface area contributed by atoms with Crippen molar-refractivity contribution in [2.45, 2.75) is 52.2 Å². The summed E-state index contributed by atoms with van der Waals surface area (Å²) in [4.78, 5) is 37.9. The van der Waals surface area contributed by atoms with Crippen LogP contribution in [-0.4, -0.2) is 43.7 Å². The zero-order chi connectivity index (χ0) is 27.3. The molecular formula is C27H32N2O7S. The van der Waals surface area contributed by atoms with Gasteiger partial charge >= 0.3 is 11.6 Å². The Bertz CT molecular complexity index is 1460. The van der Waals surface area contributed by atoms with Crippen molar-refractivity contribution in [1.29, 1.82) is 0 Å². The van der Waals surface area contributed by atoms with E-state index in [1.54, 1.807) is 39.8 Å². The predicted octanol–water partition coefficient (Wildman–Crippen LogP) is 3.63. The van der Waals surface area contributed by atoms with Crippen LogP contribution >= 0.6 is 0 Å². The average molecular weight is 529 g/mol. The van der Waals surface area contributed by atoms with Gasteiger partial charge in [-0.05, 0) is 42.7 Å². The van der Waals surface area contributed by atoms with Gasteiger partial charge in [-0.3, -0.25) is 4.79 Å². The second-order valence-corrected chi connectivity index (χ2v) is 10.9. The lowest BCUT2D eigenvalue weighted by atomic mass is 10.0. The third kappa shape index (κ3) is 6.44. The normalized spacial score (nSPS) is 12.6. The maximum atomic E-state index is 13.0. The summed E-state index contributed by atoms with van der Waals surface area (Å²) in [7, 11) is -3.75. The van der Waals surface area contributed by atoms with Gasteiger partial charge in [0.05, 0.1) is 4.90 Å². The Kier molecular flexibility index (Phi) is 8.88. The van der Waals surface area contributed by atoms with E-state index < -0.39 is 33.6 Å². The molecule has 0 saturated heterocycles. The van der Waals surface area contributed by atoms with E-state index in [1.165, 1.54) is 34.6 Å². The number of hydrogen-bond donors (Lipinski definition) is 1. The molecule has 0 aliphatic rings. The minimum Gasteiger partial charge on any atom is -0.459 e. The molecule has 1 atom stereocenters. The Morgan fingerprint density at radius 2 is 1.76 bits per heavy atom. The fraction of sp³-hybridized carbons (Fsp3) is 0.370. The lowest BCUT2D eigenvalue weighted by molar-refractivity contribution is -0.148. The lowest BCUT2D eigenvalue weighted by Crippen LogP contribution is -2.45. The monoisotopic (exact) mass is 528 g/mol. The number of amides is 1. The van der Waals surface area contributed by atoms with Gasteiger partial charge in [-0.1, -0.05) is 45.9 Å². The van der Waals surface area contributed by atoms with Crippen molar-refractivity contribution in [3.05, 3.63) is 75.6 Å². The van der Waals surface area contributed by atoms with Crippen LogP contribution in [0, 0.1) is 12.8 Å². The fourth-order valence-electron chi connectivity index (χ4n) is 3.93. The molecule has 0 radical (unpaired) electrons. The number of fused-ring (bicyclic) bond motifs is 1. The Hall–Kier alpha value is -3.50. The molecule has 198 valence electrons. The molecule has 1 amide bonds. The number of hydrogen-bond acceptors (Lipinski definition) is 7. The standard InChI is InChI=1S/C27H32N2O7S/c1-6-29(7-2)37(33,34)21-10-8-9-19(14-21)26(31)28-25(17(3)4)27(32)35-16-20-15-24(30)36-23-13-18(5)11-12-22(20)23/h8-15,17,25H,6-7,16H2,1-5H3,(H,28,31). The minimum atomic E-state index is -3.75. The van der Waals surface area contributed by atoms with Gasteiger partial charge in [0.15, 0.2) is 0 Å². The maximum absolute atomic E-state index is 13.0. The predicted molar refractivity (Wildman–Crippen MR) is 140 cm³/mol. The van der Waals surface area contributed by atoms with Crippen LogP contribution in [0.2, 0.25) is 0 Å². The van der Waals surface area contributed by atoms with E-state index >= 15 is 0 Å².